The number of carbonyl (C=O) groups excluding carboxylic acids is 1. The number of nitrogens with one attached hydrogen (secondary N) is 2. The van der Waals surface area contributed by atoms with Gasteiger partial charge in [0, 0.05) is 18.9 Å². The van der Waals surface area contributed by atoms with Crippen LogP contribution in [0, 0.1) is 6.92 Å². The van der Waals surface area contributed by atoms with E-state index in [1.165, 1.54) is 13.8 Å². The molecule has 1 aromatic rings. The van der Waals surface area contributed by atoms with E-state index >= 15 is 0 Å². The van der Waals surface area contributed by atoms with Crippen molar-refractivity contribution in [3.63, 3.8) is 0 Å². The van der Waals surface area contributed by atoms with Crippen LogP contribution in [-0.2, 0) is 9.53 Å². The number of hydrogen-bond donors (Lipinski definition) is 3. The minimum absolute atomic E-state index is 0.0186. The molecule has 1 unspecified atom stereocenters. The Kier molecular flexibility index (Phi) is 4.22. The average Bonchev–Trinajstić information content (AvgIpc) is 2.22. The van der Waals surface area contributed by atoms with Gasteiger partial charge in [-0.2, -0.15) is 0 Å². The summed E-state index contributed by atoms with van der Waals surface area (Å²) in [5.74, 6) is -0.451. The van der Waals surface area contributed by atoms with E-state index in [4.69, 9.17) is 0 Å². The van der Waals surface area contributed by atoms with Gasteiger partial charge in [0.05, 0.1) is 18.4 Å². The molecule has 0 bridgehead atoms. The lowest BCUT2D eigenvalue weighted by Crippen LogP contribution is -2.28. The molecule has 1 aromatic heterocycles. The summed E-state index contributed by atoms with van der Waals surface area (Å²) in [6.07, 6.45) is -0.941. The van der Waals surface area contributed by atoms with Crippen LogP contribution in [0.2, 0.25) is 0 Å². The Balaban J connectivity index is 2.82. The molecule has 1 atom stereocenters. The third-order valence-electron chi connectivity index (χ3n) is 2.25. The van der Waals surface area contributed by atoms with Gasteiger partial charge in [-0.15, -0.1) is 0 Å². The summed E-state index contributed by atoms with van der Waals surface area (Å²) in [6.45, 7) is 2.76. The maximum absolute atomic E-state index is 11.3. The minimum atomic E-state index is -1.05. The zero-order chi connectivity index (χ0) is 13.0. The van der Waals surface area contributed by atoms with E-state index in [1.807, 2.05) is 4.98 Å². The highest BCUT2D eigenvalue weighted by atomic mass is 16.5. The summed E-state index contributed by atoms with van der Waals surface area (Å²) >= 11 is 0. The van der Waals surface area contributed by atoms with Crippen molar-refractivity contribution in [2.45, 2.75) is 26.4 Å². The first-order chi connectivity index (χ1) is 7.91. The second kappa shape index (κ2) is 5.44. The largest absolute Gasteiger partial charge is 0.466 e. The zero-order valence-corrected chi connectivity index (χ0v) is 9.57. The van der Waals surface area contributed by atoms with Crippen LogP contribution in [0.5, 0.6) is 0 Å². The lowest BCUT2D eigenvalue weighted by atomic mass is 10.1. The minimum Gasteiger partial charge on any atom is -0.466 e. The van der Waals surface area contributed by atoms with Gasteiger partial charge in [0.15, 0.2) is 0 Å². The van der Waals surface area contributed by atoms with E-state index < -0.39 is 23.3 Å². The van der Waals surface area contributed by atoms with Crippen LogP contribution in [0.25, 0.3) is 0 Å². The molecule has 0 amide bonds. The number of aromatic amines is 2. The molecule has 0 saturated heterocycles. The van der Waals surface area contributed by atoms with Gasteiger partial charge in [-0.05, 0) is 6.92 Å². The quantitative estimate of drug-likeness (QED) is 0.608. The fraction of sp³-hybridized carbons (Fsp3) is 0.500. The first-order valence-electron chi connectivity index (χ1n) is 5.06. The Labute approximate surface area is 96.5 Å². The van der Waals surface area contributed by atoms with Crippen molar-refractivity contribution in [3.05, 3.63) is 32.1 Å². The van der Waals surface area contributed by atoms with E-state index in [0.29, 0.717) is 0 Å². The SMILES string of the molecule is CC(=O)OCCC(O)c1[nH]c(=O)[nH]c(=O)c1C. The number of carbonyl (C=O) groups is 1. The molecule has 1 rings (SSSR count). The molecule has 7 nitrogen and oxygen atoms in total. The highest BCUT2D eigenvalue weighted by Crippen LogP contribution is 2.14. The molecule has 0 radical (unpaired) electrons. The van der Waals surface area contributed by atoms with E-state index in [9.17, 15) is 19.5 Å². The molecule has 7 heteroatoms. The second-order valence-corrected chi connectivity index (χ2v) is 3.59. The molecule has 0 fully saturated rings. The normalized spacial score (nSPS) is 12.2. The smallest absolute Gasteiger partial charge is 0.325 e. The predicted octanol–water partition coefficient (Wildman–Crippen LogP) is -0.642. The van der Waals surface area contributed by atoms with E-state index in [2.05, 4.69) is 9.72 Å². The second-order valence-electron chi connectivity index (χ2n) is 3.59. The van der Waals surface area contributed by atoms with E-state index in [1.54, 1.807) is 0 Å². The molecular formula is C10H14N2O5. The summed E-state index contributed by atoms with van der Waals surface area (Å²) in [5.41, 5.74) is -0.844. The number of ether oxygens (including phenoxy) is 1. The Morgan fingerprint density at radius 2 is 2.06 bits per heavy atom. The van der Waals surface area contributed by atoms with Gasteiger partial charge in [-0.1, -0.05) is 0 Å². The number of esters is 1. The van der Waals surface area contributed by atoms with Crippen molar-refractivity contribution >= 4 is 5.97 Å². The molecule has 1 heterocycles. The van der Waals surface area contributed by atoms with Crippen molar-refractivity contribution < 1.29 is 14.6 Å². The van der Waals surface area contributed by atoms with Crippen LogP contribution in [0.1, 0.15) is 30.7 Å². The summed E-state index contributed by atoms with van der Waals surface area (Å²) < 4.78 is 4.66. The van der Waals surface area contributed by atoms with Crippen LogP contribution in [0.4, 0.5) is 0 Å². The van der Waals surface area contributed by atoms with E-state index in [-0.39, 0.29) is 24.3 Å². The summed E-state index contributed by atoms with van der Waals surface area (Å²) in [4.78, 5) is 37.2. The molecule has 3 N–H and O–H groups in total. The molecule has 0 aliphatic heterocycles. The predicted molar refractivity (Wildman–Crippen MR) is 58.6 cm³/mol. The lowest BCUT2D eigenvalue weighted by molar-refractivity contribution is -0.141. The maximum Gasteiger partial charge on any atom is 0.325 e. The molecule has 0 aromatic carbocycles. The fourth-order valence-corrected chi connectivity index (χ4v) is 1.36. The Bertz CT molecular complexity index is 516. The van der Waals surface area contributed by atoms with Crippen molar-refractivity contribution in [3.8, 4) is 0 Å². The van der Waals surface area contributed by atoms with Gasteiger partial charge >= 0.3 is 11.7 Å². The molecule has 17 heavy (non-hydrogen) atoms. The van der Waals surface area contributed by atoms with Crippen molar-refractivity contribution in [2.24, 2.45) is 0 Å². The molecular weight excluding hydrogens is 228 g/mol. The number of aromatic nitrogens is 2. The summed E-state index contributed by atoms with van der Waals surface area (Å²) in [5, 5.41) is 9.75. The number of H-pyrrole nitrogens is 2. The average molecular weight is 242 g/mol. The number of aliphatic hydroxyl groups is 1. The molecule has 0 aliphatic rings. The first-order valence-corrected chi connectivity index (χ1v) is 5.06. The van der Waals surface area contributed by atoms with Crippen LogP contribution in [0.15, 0.2) is 9.59 Å². The zero-order valence-electron chi connectivity index (χ0n) is 9.57. The van der Waals surface area contributed by atoms with E-state index in [0.717, 1.165) is 0 Å². The Hall–Kier alpha value is -1.89. The molecule has 0 saturated carbocycles. The van der Waals surface area contributed by atoms with Crippen LogP contribution in [-0.4, -0.2) is 27.7 Å². The van der Waals surface area contributed by atoms with Crippen molar-refractivity contribution in [1.29, 1.82) is 0 Å². The Morgan fingerprint density at radius 3 is 2.65 bits per heavy atom. The third kappa shape index (κ3) is 3.56. The summed E-state index contributed by atoms with van der Waals surface area (Å²) in [7, 11) is 0. The third-order valence-corrected chi connectivity index (χ3v) is 2.25. The lowest BCUT2D eigenvalue weighted by Gasteiger charge is -2.12. The molecule has 94 valence electrons. The van der Waals surface area contributed by atoms with Crippen LogP contribution >= 0.6 is 0 Å². The fourth-order valence-electron chi connectivity index (χ4n) is 1.36. The van der Waals surface area contributed by atoms with Gasteiger partial charge in [0.25, 0.3) is 5.56 Å². The topological polar surface area (TPSA) is 112 Å². The number of aliphatic hydroxyl groups excluding tert-OH is 1. The van der Waals surface area contributed by atoms with Gasteiger partial charge in [-0.25, -0.2) is 4.79 Å². The van der Waals surface area contributed by atoms with Gasteiger partial charge in [-0.3, -0.25) is 14.6 Å². The van der Waals surface area contributed by atoms with Crippen molar-refractivity contribution in [2.75, 3.05) is 6.61 Å². The summed E-state index contributed by atoms with van der Waals surface area (Å²) in [6, 6.07) is 0. The number of rotatable bonds is 4. The highest BCUT2D eigenvalue weighted by molar-refractivity contribution is 5.65. The maximum atomic E-state index is 11.3. The molecule has 0 aliphatic carbocycles. The van der Waals surface area contributed by atoms with Gasteiger partial charge < -0.3 is 14.8 Å². The standard InChI is InChI=1S/C10H14N2O5/c1-5-8(11-10(16)12-9(5)15)7(14)3-4-17-6(2)13/h7,14H,3-4H2,1-2H3,(H2,11,12,15,16). The Morgan fingerprint density at radius 1 is 1.41 bits per heavy atom. The van der Waals surface area contributed by atoms with Crippen molar-refractivity contribution in [1.82, 2.24) is 9.97 Å². The van der Waals surface area contributed by atoms with Crippen LogP contribution in [0.3, 0.4) is 0 Å². The van der Waals surface area contributed by atoms with Gasteiger partial charge in [0.1, 0.15) is 0 Å². The highest BCUT2D eigenvalue weighted by Gasteiger charge is 2.14. The molecule has 0 spiro atoms. The monoisotopic (exact) mass is 242 g/mol. The van der Waals surface area contributed by atoms with Crippen LogP contribution < -0.4 is 11.2 Å². The number of hydrogen-bond acceptors (Lipinski definition) is 5. The first kappa shape index (κ1) is 13.2. The van der Waals surface area contributed by atoms with Gasteiger partial charge in [0.2, 0.25) is 0 Å².